The molecule has 0 radical (unpaired) electrons. The second-order valence-electron chi connectivity index (χ2n) is 21.8. The Kier molecular flexibility index (Phi) is 25.5. The molecule has 6 aromatic carbocycles. The maximum Gasteiger partial charge on any atom is 2.00 e. The number of phenolic OH excluding ortho intramolecular Hbond substituents is 2. The van der Waals surface area contributed by atoms with E-state index in [1.807, 2.05) is 97.5 Å². The number of ether oxygens (including phenoxy) is 2. The number of carbonyl (C=O) groups excluding carboxylic acids is 4. The monoisotopic (exact) mass is 1250 g/mol. The van der Waals surface area contributed by atoms with Crippen molar-refractivity contribution in [2.75, 3.05) is 24.9 Å². The van der Waals surface area contributed by atoms with Crippen molar-refractivity contribution in [2.45, 2.75) is 116 Å². The molecule has 464 valence electrons. The number of hydrogen-bond donors (Lipinski definition) is 8. The van der Waals surface area contributed by atoms with Crippen LogP contribution in [-0.2, 0) is 22.7 Å². The number of aromatic hydroxyl groups is 2. The number of hydrogen-bond acceptors (Lipinski definition) is 14. The van der Waals surface area contributed by atoms with Gasteiger partial charge in [-0.15, -0.1) is 0 Å². The number of methoxy groups -OCH3 is 2. The first-order chi connectivity index (χ1) is 42.0. The van der Waals surface area contributed by atoms with Crippen LogP contribution >= 0.6 is 0 Å². The van der Waals surface area contributed by atoms with Gasteiger partial charge in [-0.05, 0) is 133 Å². The molecule has 8 aromatic rings. The molecule has 8 rings (SSSR count). The van der Waals surface area contributed by atoms with Gasteiger partial charge in [0, 0.05) is 72.5 Å². The average Bonchev–Trinajstić information content (AvgIpc) is 1.78. The molecule has 0 aliphatic carbocycles. The zero-order chi connectivity index (χ0) is 63.9. The third-order valence-electron chi connectivity index (χ3n) is 14.6. The van der Waals surface area contributed by atoms with E-state index in [2.05, 4.69) is 10.6 Å². The van der Waals surface area contributed by atoms with Crippen molar-refractivity contribution < 1.29 is 78.3 Å². The molecule has 4 atom stereocenters. The van der Waals surface area contributed by atoms with Crippen LogP contribution in [0.1, 0.15) is 110 Å². The minimum absolute atomic E-state index is 0. The largest absolute Gasteiger partial charge is 2.00 e. The Balaban J connectivity index is 0.000000281. The molecule has 0 bridgehead atoms. The molecule has 0 aliphatic rings. The Morgan fingerprint density at radius 3 is 1.13 bits per heavy atom. The smallest absolute Gasteiger partial charge is 0.550 e. The molecule has 21 heteroatoms. The van der Waals surface area contributed by atoms with E-state index in [-0.39, 0.29) is 111 Å². The normalized spacial score (nSPS) is 12.5. The third kappa shape index (κ3) is 18.1. The number of phenols is 2. The number of halogens is 2. The summed E-state index contributed by atoms with van der Waals surface area (Å²) in [4.78, 5) is 50.4. The number of aliphatic hydroxyl groups is 4. The van der Waals surface area contributed by atoms with E-state index in [0.717, 1.165) is 11.1 Å². The Bertz CT molecular complexity index is 3450. The van der Waals surface area contributed by atoms with Crippen molar-refractivity contribution in [1.82, 2.24) is 9.13 Å². The molecule has 89 heavy (non-hydrogen) atoms. The maximum atomic E-state index is 14.3. The van der Waals surface area contributed by atoms with Gasteiger partial charge in [0.05, 0.1) is 72.5 Å². The number of anilines is 2. The van der Waals surface area contributed by atoms with Gasteiger partial charge in [-0.2, -0.15) is 0 Å². The Morgan fingerprint density at radius 2 is 0.831 bits per heavy atom. The Morgan fingerprint density at radius 1 is 0.494 bits per heavy atom. The second kappa shape index (κ2) is 32.4. The molecular weight excluding hydrogens is 1170 g/mol. The first-order valence-electron chi connectivity index (χ1n) is 28.6. The Hall–Kier alpha value is -8.08. The van der Waals surface area contributed by atoms with Gasteiger partial charge in [0.25, 0.3) is 11.8 Å². The van der Waals surface area contributed by atoms with Crippen LogP contribution in [0.3, 0.4) is 0 Å². The van der Waals surface area contributed by atoms with E-state index in [9.17, 15) is 68.8 Å². The number of carbonyl (C=O) groups is 4. The molecule has 0 saturated carbocycles. The van der Waals surface area contributed by atoms with Gasteiger partial charge in [-0.1, -0.05) is 88.4 Å². The summed E-state index contributed by atoms with van der Waals surface area (Å²) < 4.78 is 42.8. The topological polar surface area (TPSA) is 288 Å². The number of aliphatic hydroxyl groups excluding tert-OH is 4. The summed E-state index contributed by atoms with van der Waals surface area (Å²) in [6, 6.07) is 39.2. The van der Waals surface area contributed by atoms with Crippen molar-refractivity contribution in [3.8, 4) is 67.8 Å². The van der Waals surface area contributed by atoms with E-state index >= 15 is 0 Å². The summed E-state index contributed by atoms with van der Waals surface area (Å²) in [5, 5.41) is 89.1. The molecule has 2 amide bonds. The number of carboxylic acid groups (broad SMARTS) is 2. The van der Waals surface area contributed by atoms with Crippen LogP contribution in [0, 0.1) is 11.6 Å². The summed E-state index contributed by atoms with van der Waals surface area (Å²) in [5.74, 6) is -4.48. The van der Waals surface area contributed by atoms with Gasteiger partial charge >= 0.3 is 37.7 Å². The van der Waals surface area contributed by atoms with Crippen molar-refractivity contribution in [3.05, 3.63) is 180 Å². The van der Waals surface area contributed by atoms with E-state index in [0.29, 0.717) is 67.5 Å². The van der Waals surface area contributed by atoms with Gasteiger partial charge < -0.3 is 79.7 Å². The number of nitrogens with zero attached hydrogens (tertiary/aromatic N) is 2. The fourth-order valence-electron chi connectivity index (χ4n) is 10.9. The minimum atomic E-state index is -1.41. The van der Waals surface area contributed by atoms with Crippen LogP contribution in [0.15, 0.2) is 146 Å². The van der Waals surface area contributed by atoms with Crippen LogP contribution in [0.2, 0.25) is 0 Å². The van der Waals surface area contributed by atoms with Crippen molar-refractivity contribution in [1.29, 1.82) is 0 Å². The number of aromatic nitrogens is 2. The molecule has 0 aliphatic heterocycles. The Labute approximate surface area is 544 Å². The summed E-state index contributed by atoms with van der Waals surface area (Å²) in [5.41, 5.74) is 7.94. The molecule has 2 heterocycles. The number of aliphatic carboxylic acids is 2. The van der Waals surface area contributed by atoms with E-state index in [4.69, 9.17) is 9.47 Å². The number of benzene rings is 6. The van der Waals surface area contributed by atoms with Crippen LogP contribution < -0.4 is 30.3 Å². The van der Waals surface area contributed by atoms with Crippen molar-refractivity contribution in [2.24, 2.45) is 0 Å². The molecule has 0 unspecified atom stereocenters. The second-order valence-corrected chi connectivity index (χ2v) is 21.8. The summed E-state index contributed by atoms with van der Waals surface area (Å²) >= 11 is 0. The van der Waals surface area contributed by atoms with E-state index in [1.54, 1.807) is 24.3 Å². The third-order valence-corrected chi connectivity index (χ3v) is 14.6. The van der Waals surface area contributed by atoms with Gasteiger partial charge in [0.2, 0.25) is 0 Å². The molecule has 0 fully saturated rings. The minimum Gasteiger partial charge on any atom is -0.550 e. The maximum absolute atomic E-state index is 14.3. The number of nitrogens with one attached hydrogen (secondary N) is 2. The first kappa shape index (κ1) is 70.0. The molecule has 0 saturated heterocycles. The molecule has 18 nitrogen and oxygen atoms in total. The fraction of sp³-hybridized carbons (Fsp3) is 0.294. The molecule has 0 spiro atoms. The number of rotatable bonds is 26. The van der Waals surface area contributed by atoms with E-state index < -0.39 is 72.6 Å². The van der Waals surface area contributed by atoms with Gasteiger partial charge in [-0.25, -0.2) is 8.78 Å². The fourth-order valence-corrected chi connectivity index (χ4v) is 10.9. The van der Waals surface area contributed by atoms with E-state index in [1.165, 1.54) is 74.9 Å². The summed E-state index contributed by atoms with van der Waals surface area (Å²) in [7, 11) is 2.86. The summed E-state index contributed by atoms with van der Waals surface area (Å²) in [6.45, 7) is 8.16. The van der Waals surface area contributed by atoms with Crippen LogP contribution in [-0.4, -0.2) is 140 Å². The SMILES string of the molecule is COc1cc(O)ccc1NC(=O)c1c(-c2ccccc2)c(-c2ccc(F)cc2)n(CC[C@@H](O)C[C@@H](O)CC(=O)[O-])c1C(C)C.COc1cc(O)ccc1NC(=O)c1c(-c2ccccc2)c(-c2ccc(F)cc2)n(CC[C@@H](O)C[C@@H](O)CC(=O)[O-])c1C(C)C.[Ca+2]. The van der Waals surface area contributed by atoms with Gasteiger partial charge in [-0.3, -0.25) is 9.59 Å². The molecular formula is C68H72CaF2N4O14. The van der Waals surface area contributed by atoms with Crippen LogP contribution in [0.5, 0.6) is 23.0 Å². The predicted molar refractivity (Wildman–Crippen MR) is 331 cm³/mol. The quantitative estimate of drug-likeness (QED) is 0.0186. The first-order valence-corrected chi connectivity index (χ1v) is 28.6. The number of carboxylic acids is 2. The zero-order valence-corrected chi connectivity index (χ0v) is 52.5. The molecule has 8 N–H and O–H groups in total. The zero-order valence-electron chi connectivity index (χ0n) is 50.3. The standard InChI is InChI=1S/2C34H37FN2O7.Ca/c2*1-20(2)32-31(34(43)36-27-14-13-24(38)18-28(27)44-3)30(21-7-5-4-6-8-21)33(22-9-11-23(35)12-10-22)37(32)16-15-25(39)17-26(40)19-29(41)42;/h2*4-14,18,20,25-26,38-40H,15-17,19H2,1-3H3,(H,36,43)(H,41,42);/q;;+2/p-2/t2*25-,26-;/m11./s1. The van der Waals surface area contributed by atoms with Crippen molar-refractivity contribution in [3.63, 3.8) is 0 Å². The molecule has 2 aromatic heterocycles. The van der Waals surface area contributed by atoms with Gasteiger partial charge in [0.1, 0.15) is 34.6 Å². The van der Waals surface area contributed by atoms with Crippen LogP contribution in [0.4, 0.5) is 20.2 Å². The van der Waals surface area contributed by atoms with Gasteiger partial charge in [0.15, 0.2) is 0 Å². The number of amides is 2. The summed E-state index contributed by atoms with van der Waals surface area (Å²) in [6.07, 6.45) is -5.91. The average molecular weight is 1250 g/mol. The van der Waals surface area contributed by atoms with Crippen LogP contribution in [0.25, 0.3) is 44.8 Å². The predicted octanol–water partition coefficient (Wildman–Crippen LogP) is 9.01. The van der Waals surface area contributed by atoms with Crippen molar-refractivity contribution >= 4 is 72.9 Å².